The molecule has 0 N–H and O–H groups in total. The van der Waals surface area contributed by atoms with Gasteiger partial charge >= 0.3 is 0 Å². The van der Waals surface area contributed by atoms with Crippen LogP contribution in [0.3, 0.4) is 0 Å². The third-order valence-electron chi connectivity index (χ3n) is 4.39. The van der Waals surface area contributed by atoms with Crippen LogP contribution in [0.4, 0.5) is 5.69 Å². The first-order chi connectivity index (χ1) is 13.7. The second kappa shape index (κ2) is 7.79. The van der Waals surface area contributed by atoms with Crippen LogP contribution in [0.1, 0.15) is 0 Å². The quantitative estimate of drug-likeness (QED) is 0.428. The van der Waals surface area contributed by atoms with Gasteiger partial charge in [-0.3, -0.25) is 0 Å². The van der Waals surface area contributed by atoms with E-state index in [1.54, 1.807) is 20.3 Å². The summed E-state index contributed by atoms with van der Waals surface area (Å²) in [6, 6.07) is 22.8. The standard InChI is InChI=1S/C23H18ClNO3/c1-26-17-9-11-22(27-2)20(13-17)25-19-14-23(15-6-4-3-5-7-15)28-21-10-8-16(24)12-18(19)21/h3-14H,1-2H3. The summed E-state index contributed by atoms with van der Waals surface area (Å²) >= 11 is 6.23. The van der Waals surface area contributed by atoms with Crippen LogP contribution in [0.2, 0.25) is 5.02 Å². The topological polar surface area (TPSA) is 44.0 Å². The van der Waals surface area contributed by atoms with E-state index >= 15 is 0 Å². The Morgan fingerprint density at radius 3 is 2.43 bits per heavy atom. The zero-order valence-electron chi connectivity index (χ0n) is 15.5. The maximum absolute atomic E-state index is 6.23. The number of rotatable bonds is 4. The summed E-state index contributed by atoms with van der Waals surface area (Å²) in [6.45, 7) is 0. The molecule has 4 rings (SSSR count). The van der Waals surface area contributed by atoms with Crippen molar-refractivity contribution < 1.29 is 13.9 Å². The zero-order chi connectivity index (χ0) is 19.5. The molecule has 0 bridgehead atoms. The van der Waals surface area contributed by atoms with Crippen molar-refractivity contribution in [2.45, 2.75) is 0 Å². The lowest BCUT2D eigenvalue weighted by Gasteiger charge is -2.08. The Morgan fingerprint density at radius 1 is 0.857 bits per heavy atom. The molecule has 140 valence electrons. The van der Waals surface area contributed by atoms with Crippen LogP contribution < -0.4 is 14.8 Å². The van der Waals surface area contributed by atoms with E-state index in [9.17, 15) is 0 Å². The summed E-state index contributed by atoms with van der Waals surface area (Å²) in [5.41, 5.74) is 2.33. The smallest absolute Gasteiger partial charge is 0.144 e. The Balaban J connectivity index is 2.02. The minimum absolute atomic E-state index is 0.615. The average Bonchev–Trinajstić information content (AvgIpc) is 2.74. The molecule has 28 heavy (non-hydrogen) atoms. The van der Waals surface area contributed by atoms with Gasteiger partial charge in [-0.1, -0.05) is 41.9 Å². The highest BCUT2D eigenvalue weighted by molar-refractivity contribution is 6.31. The maximum Gasteiger partial charge on any atom is 0.144 e. The number of halogens is 1. The molecule has 0 saturated carbocycles. The van der Waals surface area contributed by atoms with Gasteiger partial charge in [-0.25, -0.2) is 4.99 Å². The number of benzene rings is 3. The third-order valence-corrected chi connectivity index (χ3v) is 4.63. The lowest BCUT2D eigenvalue weighted by atomic mass is 10.1. The number of hydrogen-bond acceptors (Lipinski definition) is 4. The maximum atomic E-state index is 6.23. The van der Waals surface area contributed by atoms with Crippen molar-refractivity contribution in [2.75, 3.05) is 14.2 Å². The van der Waals surface area contributed by atoms with Gasteiger partial charge in [0.1, 0.15) is 28.5 Å². The molecule has 0 radical (unpaired) electrons. The lowest BCUT2D eigenvalue weighted by Crippen LogP contribution is -2.03. The van der Waals surface area contributed by atoms with E-state index in [1.165, 1.54) is 0 Å². The molecular formula is C23H18ClNO3. The predicted molar refractivity (Wildman–Crippen MR) is 111 cm³/mol. The van der Waals surface area contributed by atoms with Crippen molar-refractivity contribution in [2.24, 2.45) is 4.99 Å². The first kappa shape index (κ1) is 18.1. The molecule has 0 aliphatic heterocycles. The number of methoxy groups -OCH3 is 2. The van der Waals surface area contributed by atoms with E-state index < -0.39 is 0 Å². The molecule has 3 aromatic carbocycles. The number of hydrogen-bond donors (Lipinski definition) is 0. The van der Waals surface area contributed by atoms with Crippen LogP contribution in [-0.2, 0) is 0 Å². The largest absolute Gasteiger partial charge is 0.497 e. The number of ether oxygens (including phenoxy) is 2. The van der Waals surface area contributed by atoms with E-state index in [1.807, 2.05) is 66.7 Å². The third kappa shape index (κ3) is 3.59. The Kier molecular flexibility index (Phi) is 5.04. The molecule has 0 amide bonds. The first-order valence-electron chi connectivity index (χ1n) is 8.73. The van der Waals surface area contributed by atoms with E-state index in [2.05, 4.69) is 0 Å². The van der Waals surface area contributed by atoms with Crippen molar-refractivity contribution in [1.82, 2.24) is 0 Å². The molecule has 0 aliphatic rings. The Labute approximate surface area is 167 Å². The van der Waals surface area contributed by atoms with Gasteiger partial charge in [0.15, 0.2) is 0 Å². The summed E-state index contributed by atoms with van der Waals surface area (Å²) in [4.78, 5) is 4.85. The normalized spacial score (nSPS) is 11.6. The molecule has 0 fully saturated rings. The second-order valence-corrected chi connectivity index (χ2v) is 6.59. The summed E-state index contributed by atoms with van der Waals surface area (Å²) in [5.74, 6) is 2.07. The fourth-order valence-corrected chi connectivity index (χ4v) is 3.16. The van der Waals surface area contributed by atoms with Crippen LogP contribution >= 0.6 is 11.6 Å². The molecule has 5 heteroatoms. The van der Waals surface area contributed by atoms with Crippen LogP contribution in [0.5, 0.6) is 11.5 Å². The van der Waals surface area contributed by atoms with Crippen molar-refractivity contribution in [1.29, 1.82) is 0 Å². The highest BCUT2D eigenvalue weighted by atomic mass is 35.5. The van der Waals surface area contributed by atoms with Gasteiger partial charge in [0.2, 0.25) is 0 Å². The zero-order valence-corrected chi connectivity index (χ0v) is 16.2. The molecule has 4 nitrogen and oxygen atoms in total. The van der Waals surface area contributed by atoms with Gasteiger partial charge in [0, 0.05) is 28.1 Å². The van der Waals surface area contributed by atoms with E-state index in [0.29, 0.717) is 27.8 Å². The molecular weight excluding hydrogens is 374 g/mol. The first-order valence-corrected chi connectivity index (χ1v) is 9.11. The minimum Gasteiger partial charge on any atom is -0.497 e. The highest BCUT2D eigenvalue weighted by Gasteiger charge is 2.09. The summed E-state index contributed by atoms with van der Waals surface area (Å²) in [6.07, 6.45) is 0. The van der Waals surface area contributed by atoms with Gasteiger partial charge in [-0.05, 0) is 30.3 Å². The van der Waals surface area contributed by atoms with Crippen molar-refractivity contribution >= 4 is 28.3 Å². The molecule has 0 aliphatic carbocycles. The van der Waals surface area contributed by atoms with Crippen LogP contribution in [0.15, 0.2) is 82.2 Å². The molecule has 0 saturated heterocycles. The monoisotopic (exact) mass is 391 g/mol. The molecule has 1 aromatic heterocycles. The molecule has 1 heterocycles. The van der Waals surface area contributed by atoms with Crippen molar-refractivity contribution in [3.8, 4) is 22.8 Å². The Morgan fingerprint density at radius 2 is 1.68 bits per heavy atom. The summed E-state index contributed by atoms with van der Waals surface area (Å²) in [7, 11) is 3.24. The van der Waals surface area contributed by atoms with Gasteiger partial charge in [0.05, 0.1) is 19.6 Å². The van der Waals surface area contributed by atoms with Crippen LogP contribution in [-0.4, -0.2) is 14.2 Å². The second-order valence-electron chi connectivity index (χ2n) is 6.15. The lowest BCUT2D eigenvalue weighted by molar-refractivity contribution is 0.404. The van der Waals surface area contributed by atoms with Gasteiger partial charge in [-0.2, -0.15) is 0 Å². The van der Waals surface area contributed by atoms with E-state index in [0.717, 1.165) is 22.1 Å². The van der Waals surface area contributed by atoms with E-state index in [4.69, 9.17) is 30.5 Å². The minimum atomic E-state index is 0.615. The van der Waals surface area contributed by atoms with Crippen LogP contribution in [0, 0.1) is 0 Å². The Hall–Kier alpha value is -3.24. The fourth-order valence-electron chi connectivity index (χ4n) is 2.99. The van der Waals surface area contributed by atoms with Gasteiger partial charge in [-0.15, -0.1) is 0 Å². The summed E-state index contributed by atoms with van der Waals surface area (Å²) in [5, 5.41) is 2.16. The molecule has 0 atom stereocenters. The number of fused-ring (bicyclic) bond motifs is 1. The van der Waals surface area contributed by atoms with Gasteiger partial charge < -0.3 is 13.9 Å². The molecule has 0 spiro atoms. The van der Waals surface area contributed by atoms with Crippen LogP contribution in [0.25, 0.3) is 22.3 Å². The predicted octanol–water partition coefficient (Wildman–Crippen LogP) is 6.00. The van der Waals surface area contributed by atoms with Crippen molar-refractivity contribution in [3.05, 3.63) is 83.2 Å². The SMILES string of the molecule is COc1ccc(OC)c(N=c2cc(-c3ccccc3)oc3ccc(Cl)cc23)c1. The molecule has 4 aromatic rings. The summed E-state index contributed by atoms with van der Waals surface area (Å²) < 4.78 is 16.9. The fraction of sp³-hybridized carbons (Fsp3) is 0.0870. The van der Waals surface area contributed by atoms with Crippen molar-refractivity contribution in [3.63, 3.8) is 0 Å². The average molecular weight is 392 g/mol. The highest BCUT2D eigenvalue weighted by Crippen LogP contribution is 2.32. The van der Waals surface area contributed by atoms with Gasteiger partial charge in [0.25, 0.3) is 0 Å². The van der Waals surface area contributed by atoms with E-state index in [-0.39, 0.29) is 0 Å². The molecule has 0 unspecified atom stereocenters. The number of nitrogens with zero attached hydrogens (tertiary/aromatic N) is 1. The Bertz CT molecular complexity index is 1200.